The Kier molecular flexibility index (Phi) is 6.00. The van der Waals surface area contributed by atoms with Gasteiger partial charge in [0.05, 0.1) is 10.8 Å². The molecule has 1 unspecified atom stereocenters. The van der Waals surface area contributed by atoms with E-state index in [4.69, 9.17) is 4.74 Å². The van der Waals surface area contributed by atoms with E-state index in [1.54, 1.807) is 25.1 Å². The molecule has 138 valence electrons. The third-order valence-corrected chi connectivity index (χ3v) is 6.66. The Morgan fingerprint density at radius 1 is 1.16 bits per heavy atom. The van der Waals surface area contributed by atoms with Crippen LogP contribution in [0.25, 0.3) is 0 Å². The number of benzene rings is 1. The van der Waals surface area contributed by atoms with Gasteiger partial charge in [-0.05, 0) is 63.8 Å². The van der Waals surface area contributed by atoms with E-state index in [1.807, 2.05) is 13.8 Å². The van der Waals surface area contributed by atoms with Crippen LogP contribution in [0.2, 0.25) is 0 Å². The molecule has 1 aliphatic heterocycles. The second-order valence-electron chi connectivity index (χ2n) is 6.61. The van der Waals surface area contributed by atoms with Crippen molar-refractivity contribution in [3.63, 3.8) is 0 Å². The highest BCUT2D eigenvalue weighted by molar-refractivity contribution is 7.89. The standard InChI is InChI=1S/C18H25NO5S/c1-12-5-6-17(11-13(12)2)25(22,23)19-9-7-16(8-10-19)18(21)24-15(4)14(3)20/h5-6,11,15-16H,7-10H2,1-4H3. The molecule has 2 rings (SSSR count). The average molecular weight is 367 g/mol. The van der Waals surface area contributed by atoms with Crippen molar-refractivity contribution in [2.24, 2.45) is 5.92 Å². The number of esters is 1. The number of ketones is 1. The molecule has 1 fully saturated rings. The molecule has 0 amide bonds. The molecule has 0 saturated carbocycles. The van der Waals surface area contributed by atoms with Gasteiger partial charge < -0.3 is 4.74 Å². The summed E-state index contributed by atoms with van der Waals surface area (Å²) in [5.41, 5.74) is 1.97. The molecular weight excluding hydrogens is 342 g/mol. The lowest BCUT2D eigenvalue weighted by molar-refractivity contribution is -0.158. The fraction of sp³-hybridized carbons (Fsp3) is 0.556. The van der Waals surface area contributed by atoms with Crippen molar-refractivity contribution in [3.8, 4) is 0 Å². The Balaban J connectivity index is 2.02. The number of hydrogen-bond acceptors (Lipinski definition) is 5. The highest BCUT2D eigenvalue weighted by Crippen LogP contribution is 2.26. The second-order valence-corrected chi connectivity index (χ2v) is 8.55. The topological polar surface area (TPSA) is 80.8 Å². The molecule has 7 heteroatoms. The number of carbonyl (C=O) groups is 2. The van der Waals surface area contributed by atoms with E-state index >= 15 is 0 Å². The molecule has 0 spiro atoms. The van der Waals surface area contributed by atoms with Crippen LogP contribution in [0, 0.1) is 19.8 Å². The van der Waals surface area contributed by atoms with Crippen LogP contribution < -0.4 is 0 Å². The Hall–Kier alpha value is -1.73. The molecule has 1 aliphatic rings. The van der Waals surface area contributed by atoms with Crippen LogP contribution in [0.15, 0.2) is 23.1 Å². The SMILES string of the molecule is CC(=O)C(C)OC(=O)C1CCN(S(=O)(=O)c2ccc(C)c(C)c2)CC1. The molecule has 25 heavy (non-hydrogen) atoms. The van der Waals surface area contributed by atoms with Crippen molar-refractivity contribution < 1.29 is 22.7 Å². The van der Waals surface area contributed by atoms with Gasteiger partial charge in [-0.15, -0.1) is 0 Å². The maximum Gasteiger partial charge on any atom is 0.309 e. The monoisotopic (exact) mass is 367 g/mol. The van der Waals surface area contributed by atoms with E-state index in [9.17, 15) is 18.0 Å². The van der Waals surface area contributed by atoms with Crippen LogP contribution in [0.3, 0.4) is 0 Å². The van der Waals surface area contributed by atoms with Crippen LogP contribution in [-0.2, 0) is 24.3 Å². The maximum atomic E-state index is 12.8. The number of ether oxygens (including phenoxy) is 1. The predicted octanol–water partition coefficient (Wildman–Crippen LogP) is 2.22. The first-order chi connectivity index (χ1) is 11.6. The van der Waals surface area contributed by atoms with Crippen LogP contribution in [-0.4, -0.2) is 43.7 Å². The normalized spacial score (nSPS) is 17.9. The number of sulfonamides is 1. The highest BCUT2D eigenvalue weighted by atomic mass is 32.2. The van der Waals surface area contributed by atoms with Crippen LogP contribution >= 0.6 is 0 Å². The molecule has 0 radical (unpaired) electrons. The average Bonchev–Trinajstić information content (AvgIpc) is 2.57. The molecule has 0 N–H and O–H groups in total. The van der Waals surface area contributed by atoms with Crippen LogP contribution in [0.4, 0.5) is 0 Å². The lowest BCUT2D eigenvalue weighted by Crippen LogP contribution is -2.41. The van der Waals surface area contributed by atoms with E-state index < -0.39 is 22.1 Å². The summed E-state index contributed by atoms with van der Waals surface area (Å²) in [6.45, 7) is 7.26. The van der Waals surface area contributed by atoms with Crippen molar-refractivity contribution in [2.45, 2.75) is 51.5 Å². The zero-order valence-electron chi connectivity index (χ0n) is 15.1. The Morgan fingerprint density at radius 2 is 1.76 bits per heavy atom. The first-order valence-corrected chi connectivity index (χ1v) is 9.85. The summed E-state index contributed by atoms with van der Waals surface area (Å²) in [5, 5.41) is 0. The Morgan fingerprint density at radius 3 is 2.28 bits per heavy atom. The lowest BCUT2D eigenvalue weighted by Gasteiger charge is -2.30. The van der Waals surface area contributed by atoms with Gasteiger partial charge in [-0.1, -0.05) is 6.07 Å². The van der Waals surface area contributed by atoms with E-state index in [0.29, 0.717) is 12.8 Å². The molecule has 0 aromatic heterocycles. The summed E-state index contributed by atoms with van der Waals surface area (Å²) in [6, 6.07) is 5.10. The minimum atomic E-state index is -3.56. The van der Waals surface area contributed by atoms with E-state index in [2.05, 4.69) is 0 Å². The van der Waals surface area contributed by atoms with Gasteiger partial charge in [0, 0.05) is 13.1 Å². The number of aryl methyl sites for hydroxylation is 2. The lowest BCUT2D eigenvalue weighted by atomic mass is 9.98. The van der Waals surface area contributed by atoms with Gasteiger partial charge in [-0.25, -0.2) is 8.42 Å². The third-order valence-electron chi connectivity index (χ3n) is 4.77. The van der Waals surface area contributed by atoms with Gasteiger partial charge in [0.15, 0.2) is 11.9 Å². The van der Waals surface area contributed by atoms with Gasteiger partial charge in [0.2, 0.25) is 10.0 Å². The first-order valence-electron chi connectivity index (χ1n) is 8.41. The fourth-order valence-electron chi connectivity index (χ4n) is 2.71. The summed E-state index contributed by atoms with van der Waals surface area (Å²) in [4.78, 5) is 23.5. The summed E-state index contributed by atoms with van der Waals surface area (Å²) in [6.07, 6.45) is 0.0333. The Bertz CT molecular complexity index is 764. The van der Waals surface area contributed by atoms with Crippen molar-refractivity contribution in [2.75, 3.05) is 13.1 Å². The van der Waals surface area contributed by atoms with Gasteiger partial charge in [-0.2, -0.15) is 4.31 Å². The summed E-state index contributed by atoms with van der Waals surface area (Å²) in [5.74, 6) is -0.998. The molecule has 1 aromatic carbocycles. The van der Waals surface area contributed by atoms with E-state index in [-0.39, 0.29) is 29.7 Å². The largest absolute Gasteiger partial charge is 0.454 e. The van der Waals surface area contributed by atoms with Crippen LogP contribution in [0.1, 0.15) is 37.8 Å². The summed E-state index contributed by atoms with van der Waals surface area (Å²) < 4.78 is 32.1. The van der Waals surface area contributed by atoms with Crippen LogP contribution in [0.5, 0.6) is 0 Å². The zero-order valence-corrected chi connectivity index (χ0v) is 15.9. The zero-order chi connectivity index (χ0) is 18.8. The van der Waals surface area contributed by atoms with Crippen molar-refractivity contribution in [3.05, 3.63) is 29.3 Å². The number of piperidine rings is 1. The van der Waals surface area contributed by atoms with E-state index in [1.165, 1.54) is 11.2 Å². The maximum absolute atomic E-state index is 12.8. The third kappa shape index (κ3) is 4.46. The summed E-state index contributed by atoms with van der Waals surface area (Å²) >= 11 is 0. The smallest absolute Gasteiger partial charge is 0.309 e. The van der Waals surface area contributed by atoms with E-state index in [0.717, 1.165) is 11.1 Å². The van der Waals surface area contributed by atoms with Gasteiger partial charge in [-0.3, -0.25) is 9.59 Å². The molecule has 1 aromatic rings. The number of nitrogens with zero attached hydrogens (tertiary/aromatic N) is 1. The van der Waals surface area contributed by atoms with Gasteiger partial charge in [0.25, 0.3) is 0 Å². The molecule has 0 bridgehead atoms. The fourth-order valence-corrected chi connectivity index (χ4v) is 4.26. The predicted molar refractivity (Wildman–Crippen MR) is 93.6 cm³/mol. The Labute approximate surface area is 149 Å². The minimum absolute atomic E-state index is 0.205. The highest BCUT2D eigenvalue weighted by Gasteiger charge is 2.33. The molecule has 6 nitrogen and oxygen atoms in total. The molecule has 1 heterocycles. The number of carbonyl (C=O) groups excluding carboxylic acids is 2. The molecular formula is C18H25NO5S. The number of rotatable bonds is 5. The molecule has 1 saturated heterocycles. The second kappa shape index (κ2) is 7.66. The molecule has 0 aliphatic carbocycles. The first kappa shape index (κ1) is 19.6. The quantitative estimate of drug-likeness (QED) is 0.746. The number of Topliss-reactive ketones (excluding diaryl/α,β-unsaturated/α-hetero) is 1. The van der Waals surface area contributed by atoms with Gasteiger partial charge in [0.1, 0.15) is 0 Å². The number of hydrogen-bond donors (Lipinski definition) is 0. The van der Waals surface area contributed by atoms with Gasteiger partial charge >= 0.3 is 5.97 Å². The molecule has 1 atom stereocenters. The van der Waals surface area contributed by atoms with Crippen molar-refractivity contribution in [1.82, 2.24) is 4.31 Å². The minimum Gasteiger partial charge on any atom is -0.454 e. The van der Waals surface area contributed by atoms with Crippen molar-refractivity contribution >= 4 is 21.8 Å². The summed E-state index contributed by atoms with van der Waals surface area (Å²) in [7, 11) is -3.56. The van der Waals surface area contributed by atoms with Crippen molar-refractivity contribution in [1.29, 1.82) is 0 Å².